The van der Waals surface area contributed by atoms with Crippen molar-refractivity contribution >= 4 is 33.2 Å². The van der Waals surface area contributed by atoms with Crippen molar-refractivity contribution in [3.63, 3.8) is 0 Å². The largest absolute Gasteiger partial charge is 0.240 e. The first-order valence-corrected chi connectivity index (χ1v) is 9.57. The summed E-state index contributed by atoms with van der Waals surface area (Å²) in [6, 6.07) is 12.2. The lowest BCUT2D eigenvalue weighted by Crippen LogP contribution is -2.26. The zero-order chi connectivity index (χ0) is 17.0. The van der Waals surface area contributed by atoms with Gasteiger partial charge in [-0.2, -0.15) is 0 Å². The molecule has 1 N–H and O–H groups in total. The third-order valence-electron chi connectivity index (χ3n) is 3.55. The summed E-state index contributed by atoms with van der Waals surface area (Å²) in [6.45, 7) is 4.43. The maximum Gasteiger partial charge on any atom is 0.240 e. The van der Waals surface area contributed by atoms with Crippen LogP contribution in [0.3, 0.4) is 0 Å². The summed E-state index contributed by atoms with van der Waals surface area (Å²) >= 11 is 11.8. The minimum absolute atomic E-state index is 0.274. The Morgan fingerprint density at radius 1 is 1.00 bits per heavy atom. The minimum Gasteiger partial charge on any atom is -0.211 e. The Morgan fingerprint density at radius 3 is 2.22 bits per heavy atom. The van der Waals surface area contributed by atoms with E-state index in [1.165, 1.54) is 0 Å². The van der Waals surface area contributed by atoms with Gasteiger partial charge in [0, 0.05) is 6.54 Å². The molecule has 0 fully saturated rings. The van der Waals surface area contributed by atoms with Crippen LogP contribution in [0.1, 0.15) is 30.9 Å². The molecule has 0 aromatic heterocycles. The second-order valence-electron chi connectivity index (χ2n) is 5.62. The van der Waals surface area contributed by atoms with Gasteiger partial charge in [0.25, 0.3) is 0 Å². The fourth-order valence-corrected chi connectivity index (χ4v) is 3.49. The lowest BCUT2D eigenvalue weighted by Gasteiger charge is -2.09. The molecule has 2 rings (SSSR count). The van der Waals surface area contributed by atoms with Gasteiger partial charge in [0.15, 0.2) is 0 Å². The molecule has 23 heavy (non-hydrogen) atoms. The Hall–Kier alpha value is -1.07. The molecule has 124 valence electrons. The van der Waals surface area contributed by atoms with Crippen LogP contribution < -0.4 is 4.72 Å². The summed E-state index contributed by atoms with van der Waals surface area (Å²) in [5, 5.41) is 0.956. The third-order valence-corrected chi connectivity index (χ3v) is 5.76. The van der Waals surface area contributed by atoms with E-state index in [1.54, 1.807) is 24.3 Å². The number of sulfonamides is 1. The highest BCUT2D eigenvalue weighted by molar-refractivity contribution is 7.89. The molecule has 0 amide bonds. The van der Waals surface area contributed by atoms with Crippen molar-refractivity contribution in [1.82, 2.24) is 4.72 Å². The average molecular weight is 372 g/mol. The topological polar surface area (TPSA) is 46.2 Å². The maximum absolute atomic E-state index is 12.3. The van der Waals surface area contributed by atoms with Gasteiger partial charge in [-0.15, -0.1) is 0 Å². The molecule has 0 radical (unpaired) electrons. The number of rotatable bonds is 6. The van der Waals surface area contributed by atoms with E-state index in [-0.39, 0.29) is 4.90 Å². The van der Waals surface area contributed by atoms with Crippen molar-refractivity contribution in [1.29, 1.82) is 0 Å². The summed E-state index contributed by atoms with van der Waals surface area (Å²) in [4.78, 5) is 0.274. The quantitative estimate of drug-likeness (QED) is 0.803. The summed E-state index contributed by atoms with van der Waals surface area (Å²) in [5.41, 5.74) is 2.04. The molecule has 0 atom stereocenters. The average Bonchev–Trinajstić information content (AvgIpc) is 2.51. The molecule has 6 heteroatoms. The standard InChI is InChI=1S/C17H19Cl2NO2S/c1-12(2)14-4-6-15(7-5-14)23(21,22)20-10-9-13-3-8-16(18)17(19)11-13/h3-8,11-12,20H,9-10H2,1-2H3. The molecule has 0 aliphatic rings. The molecule has 0 saturated carbocycles. The van der Waals surface area contributed by atoms with Gasteiger partial charge in [0.2, 0.25) is 10.0 Å². The predicted octanol–water partition coefficient (Wildman–Crippen LogP) is 4.64. The van der Waals surface area contributed by atoms with Crippen molar-refractivity contribution in [2.75, 3.05) is 6.54 Å². The van der Waals surface area contributed by atoms with E-state index in [2.05, 4.69) is 18.6 Å². The van der Waals surface area contributed by atoms with Crippen LogP contribution in [0.25, 0.3) is 0 Å². The van der Waals surface area contributed by atoms with Crippen LogP contribution in [0.4, 0.5) is 0 Å². The van der Waals surface area contributed by atoms with Crippen LogP contribution in [0.2, 0.25) is 10.0 Å². The van der Waals surface area contributed by atoms with E-state index in [9.17, 15) is 8.42 Å². The smallest absolute Gasteiger partial charge is 0.211 e. The highest BCUT2D eigenvalue weighted by Crippen LogP contribution is 2.22. The van der Waals surface area contributed by atoms with E-state index in [0.29, 0.717) is 28.9 Å². The number of halogens is 2. The van der Waals surface area contributed by atoms with Gasteiger partial charge in [-0.3, -0.25) is 0 Å². The van der Waals surface area contributed by atoms with Gasteiger partial charge >= 0.3 is 0 Å². The zero-order valence-corrected chi connectivity index (χ0v) is 15.3. The van der Waals surface area contributed by atoms with Crippen molar-refractivity contribution in [2.45, 2.75) is 31.1 Å². The van der Waals surface area contributed by atoms with E-state index in [0.717, 1.165) is 11.1 Å². The zero-order valence-electron chi connectivity index (χ0n) is 13.0. The molecular weight excluding hydrogens is 353 g/mol. The van der Waals surface area contributed by atoms with Gasteiger partial charge in [-0.1, -0.05) is 55.2 Å². The molecule has 0 aliphatic heterocycles. The Morgan fingerprint density at radius 2 is 1.65 bits per heavy atom. The fraction of sp³-hybridized carbons (Fsp3) is 0.294. The number of hydrogen-bond donors (Lipinski definition) is 1. The Balaban J connectivity index is 1.99. The highest BCUT2D eigenvalue weighted by atomic mass is 35.5. The first kappa shape index (κ1) is 18.3. The van der Waals surface area contributed by atoms with Gasteiger partial charge in [0.05, 0.1) is 14.9 Å². The summed E-state index contributed by atoms with van der Waals surface area (Å²) in [5.74, 6) is 0.370. The number of benzene rings is 2. The molecule has 0 aliphatic carbocycles. The van der Waals surface area contributed by atoms with Crippen LogP contribution in [-0.4, -0.2) is 15.0 Å². The number of hydrogen-bond acceptors (Lipinski definition) is 2. The molecule has 0 unspecified atom stereocenters. The van der Waals surface area contributed by atoms with Crippen LogP contribution in [-0.2, 0) is 16.4 Å². The monoisotopic (exact) mass is 371 g/mol. The Labute approximate surface area is 147 Å². The first-order valence-electron chi connectivity index (χ1n) is 7.33. The van der Waals surface area contributed by atoms with Crippen LogP contribution in [0.15, 0.2) is 47.4 Å². The summed E-state index contributed by atoms with van der Waals surface area (Å²) in [7, 11) is -3.50. The van der Waals surface area contributed by atoms with Crippen molar-refractivity contribution in [3.8, 4) is 0 Å². The van der Waals surface area contributed by atoms with Gasteiger partial charge in [0.1, 0.15) is 0 Å². The SMILES string of the molecule is CC(C)c1ccc(S(=O)(=O)NCCc2ccc(Cl)c(Cl)c2)cc1. The van der Waals surface area contributed by atoms with E-state index in [4.69, 9.17) is 23.2 Å². The van der Waals surface area contributed by atoms with Crippen LogP contribution in [0, 0.1) is 0 Å². The van der Waals surface area contributed by atoms with Gasteiger partial charge in [-0.25, -0.2) is 13.1 Å². The molecular formula is C17H19Cl2NO2S. The van der Waals surface area contributed by atoms with Crippen LogP contribution >= 0.6 is 23.2 Å². The molecule has 2 aromatic rings. The molecule has 0 heterocycles. The highest BCUT2D eigenvalue weighted by Gasteiger charge is 2.13. The lowest BCUT2D eigenvalue weighted by molar-refractivity contribution is 0.581. The van der Waals surface area contributed by atoms with Crippen molar-refractivity contribution in [2.24, 2.45) is 0 Å². The predicted molar refractivity (Wildman–Crippen MR) is 95.9 cm³/mol. The normalized spacial score (nSPS) is 11.9. The van der Waals surface area contributed by atoms with Crippen molar-refractivity contribution < 1.29 is 8.42 Å². The minimum atomic E-state index is -3.50. The molecule has 0 bridgehead atoms. The first-order chi connectivity index (χ1) is 10.8. The molecule has 2 aromatic carbocycles. The van der Waals surface area contributed by atoms with Gasteiger partial charge < -0.3 is 0 Å². The van der Waals surface area contributed by atoms with Crippen molar-refractivity contribution in [3.05, 3.63) is 63.6 Å². The lowest BCUT2D eigenvalue weighted by atomic mass is 10.0. The summed E-state index contributed by atoms with van der Waals surface area (Å²) < 4.78 is 27.1. The second kappa shape index (κ2) is 7.67. The Kier molecular flexibility index (Phi) is 6.09. The Bertz CT molecular complexity index is 772. The molecule has 3 nitrogen and oxygen atoms in total. The maximum atomic E-state index is 12.3. The summed E-state index contributed by atoms with van der Waals surface area (Å²) in [6.07, 6.45) is 0.542. The molecule has 0 saturated heterocycles. The third kappa shape index (κ3) is 4.95. The molecule has 0 spiro atoms. The second-order valence-corrected chi connectivity index (χ2v) is 8.20. The van der Waals surface area contributed by atoms with Gasteiger partial charge in [-0.05, 0) is 47.7 Å². The fourth-order valence-electron chi connectivity index (χ4n) is 2.14. The van der Waals surface area contributed by atoms with E-state index >= 15 is 0 Å². The van der Waals surface area contributed by atoms with E-state index < -0.39 is 10.0 Å². The van der Waals surface area contributed by atoms with E-state index in [1.807, 2.05) is 18.2 Å². The van der Waals surface area contributed by atoms with Crippen LogP contribution in [0.5, 0.6) is 0 Å². The number of nitrogens with one attached hydrogen (secondary N) is 1.